The Labute approximate surface area is 151 Å². The number of nitrogens with one attached hydrogen (secondary N) is 2. The number of hydrazine groups is 1. The maximum Gasteiger partial charge on any atom is 0.284 e. The molecule has 0 spiro atoms. The first kappa shape index (κ1) is 19.0. The Hall–Kier alpha value is -2.32. The summed E-state index contributed by atoms with van der Waals surface area (Å²) < 4.78 is 28.4. The minimum absolute atomic E-state index is 0.0704. The van der Waals surface area contributed by atoms with Gasteiger partial charge in [0.05, 0.1) is 4.90 Å². The highest BCUT2D eigenvalue weighted by molar-refractivity contribution is 8.13. The average Bonchev–Trinajstić information content (AvgIpc) is 2.59. The molecular weight excluding hydrogens is 358 g/mol. The van der Waals surface area contributed by atoms with Gasteiger partial charge in [0.15, 0.2) is 5.17 Å². The smallest absolute Gasteiger partial charge is 0.275 e. The SMILES string of the molecule is CSC(=NS(=O)(=O)c1ccc(C)cc1)NNC(=O)c1ccc(C)cc1. The molecule has 6 nitrogen and oxygen atoms in total. The molecule has 0 saturated carbocycles. The highest BCUT2D eigenvalue weighted by Gasteiger charge is 2.14. The van der Waals surface area contributed by atoms with Gasteiger partial charge in [-0.2, -0.15) is 8.42 Å². The number of hydrogen-bond donors (Lipinski definition) is 2. The van der Waals surface area contributed by atoms with Crippen LogP contribution in [0.5, 0.6) is 0 Å². The Morgan fingerprint density at radius 3 is 1.96 bits per heavy atom. The normalized spacial score (nSPS) is 11.9. The van der Waals surface area contributed by atoms with E-state index in [0.29, 0.717) is 5.56 Å². The fourth-order valence-corrected chi connectivity index (χ4v) is 3.47. The molecule has 2 aromatic carbocycles. The molecule has 0 heterocycles. The zero-order valence-electron chi connectivity index (χ0n) is 14.1. The van der Waals surface area contributed by atoms with Crippen molar-refractivity contribution in [3.05, 3.63) is 65.2 Å². The summed E-state index contributed by atoms with van der Waals surface area (Å²) in [6, 6.07) is 13.4. The van der Waals surface area contributed by atoms with E-state index < -0.39 is 10.0 Å². The van der Waals surface area contributed by atoms with Crippen LogP contribution in [0.1, 0.15) is 21.5 Å². The van der Waals surface area contributed by atoms with E-state index in [9.17, 15) is 13.2 Å². The Bertz CT molecular complexity index is 874. The molecule has 0 aliphatic rings. The van der Waals surface area contributed by atoms with E-state index in [1.807, 2.05) is 26.0 Å². The standard InChI is InChI=1S/C17H19N3O3S2/c1-12-4-8-14(9-5-12)16(21)18-19-17(24-3)20-25(22,23)15-10-6-13(2)7-11-15/h4-11H,1-3H3,(H,18,21)(H,19,20). The molecule has 132 valence electrons. The fraction of sp³-hybridized carbons (Fsp3) is 0.176. The van der Waals surface area contributed by atoms with Gasteiger partial charge in [-0.25, -0.2) is 0 Å². The van der Waals surface area contributed by atoms with Crippen LogP contribution in [0.4, 0.5) is 0 Å². The number of amidine groups is 1. The molecule has 2 aromatic rings. The van der Waals surface area contributed by atoms with Crippen LogP contribution in [0, 0.1) is 13.8 Å². The van der Waals surface area contributed by atoms with Gasteiger partial charge in [0.1, 0.15) is 0 Å². The van der Waals surface area contributed by atoms with Crippen molar-refractivity contribution in [3.8, 4) is 0 Å². The summed E-state index contributed by atoms with van der Waals surface area (Å²) in [5, 5.41) is 0.0704. The summed E-state index contributed by atoms with van der Waals surface area (Å²) in [7, 11) is -3.85. The lowest BCUT2D eigenvalue weighted by Gasteiger charge is -2.09. The van der Waals surface area contributed by atoms with Crippen molar-refractivity contribution in [2.24, 2.45) is 4.40 Å². The molecule has 0 aliphatic carbocycles. The molecule has 8 heteroatoms. The van der Waals surface area contributed by atoms with Gasteiger partial charge < -0.3 is 0 Å². The minimum Gasteiger partial charge on any atom is -0.275 e. The first-order valence-corrected chi connectivity index (χ1v) is 10.1. The zero-order chi connectivity index (χ0) is 18.4. The Morgan fingerprint density at radius 2 is 1.44 bits per heavy atom. The molecular formula is C17H19N3O3S2. The van der Waals surface area contributed by atoms with E-state index in [0.717, 1.165) is 22.9 Å². The van der Waals surface area contributed by atoms with E-state index >= 15 is 0 Å². The third kappa shape index (κ3) is 5.33. The van der Waals surface area contributed by atoms with Gasteiger partial charge in [-0.3, -0.25) is 15.6 Å². The van der Waals surface area contributed by atoms with Crippen LogP contribution < -0.4 is 10.9 Å². The van der Waals surface area contributed by atoms with Crippen LogP contribution in [-0.2, 0) is 10.0 Å². The van der Waals surface area contributed by atoms with Gasteiger partial charge in [-0.1, -0.05) is 47.2 Å². The molecule has 0 bridgehead atoms. The van der Waals surface area contributed by atoms with Crippen LogP contribution >= 0.6 is 11.8 Å². The number of carbonyl (C=O) groups is 1. The van der Waals surface area contributed by atoms with E-state index in [-0.39, 0.29) is 16.0 Å². The van der Waals surface area contributed by atoms with Crippen LogP contribution in [0.15, 0.2) is 57.8 Å². The van der Waals surface area contributed by atoms with Gasteiger partial charge in [0, 0.05) is 5.56 Å². The number of benzene rings is 2. The summed E-state index contributed by atoms with van der Waals surface area (Å²) in [5.74, 6) is -0.380. The summed E-state index contributed by atoms with van der Waals surface area (Å²) in [4.78, 5) is 12.2. The summed E-state index contributed by atoms with van der Waals surface area (Å²) in [5.41, 5.74) is 7.46. The molecule has 1 amide bonds. The topological polar surface area (TPSA) is 87.6 Å². The van der Waals surface area contributed by atoms with Crippen LogP contribution in [-0.4, -0.2) is 25.7 Å². The fourth-order valence-electron chi connectivity index (χ4n) is 1.87. The van der Waals surface area contributed by atoms with Gasteiger partial charge in [-0.15, -0.1) is 4.40 Å². The highest BCUT2D eigenvalue weighted by atomic mass is 32.2. The van der Waals surface area contributed by atoms with Crippen molar-refractivity contribution in [1.29, 1.82) is 0 Å². The second-order valence-corrected chi connectivity index (χ2v) is 7.73. The Kier molecular flexibility index (Phi) is 6.22. The van der Waals surface area contributed by atoms with Crippen molar-refractivity contribution in [1.82, 2.24) is 10.9 Å². The van der Waals surface area contributed by atoms with Crippen molar-refractivity contribution in [2.45, 2.75) is 18.7 Å². The number of rotatable bonds is 3. The molecule has 0 atom stereocenters. The predicted molar refractivity (Wildman–Crippen MR) is 101 cm³/mol. The summed E-state index contributed by atoms with van der Waals surface area (Å²) in [6.07, 6.45) is 1.66. The zero-order valence-corrected chi connectivity index (χ0v) is 15.7. The highest BCUT2D eigenvalue weighted by Crippen LogP contribution is 2.14. The van der Waals surface area contributed by atoms with Crippen LogP contribution in [0.3, 0.4) is 0 Å². The number of hydrogen-bond acceptors (Lipinski definition) is 4. The van der Waals surface area contributed by atoms with Crippen molar-refractivity contribution < 1.29 is 13.2 Å². The largest absolute Gasteiger partial charge is 0.284 e. The molecule has 2 rings (SSSR count). The quantitative estimate of drug-likeness (QED) is 0.488. The molecule has 0 fully saturated rings. The molecule has 0 aromatic heterocycles. The molecule has 0 saturated heterocycles. The minimum atomic E-state index is -3.85. The first-order valence-electron chi connectivity index (χ1n) is 7.40. The van der Waals surface area contributed by atoms with Crippen molar-refractivity contribution in [2.75, 3.05) is 6.26 Å². The third-order valence-electron chi connectivity index (χ3n) is 3.31. The average molecular weight is 377 g/mol. The number of nitrogens with zero attached hydrogens (tertiary/aromatic N) is 1. The lowest BCUT2D eigenvalue weighted by atomic mass is 10.1. The Balaban J connectivity index is 2.10. The van der Waals surface area contributed by atoms with Crippen LogP contribution in [0.25, 0.3) is 0 Å². The van der Waals surface area contributed by atoms with E-state index in [4.69, 9.17) is 0 Å². The second kappa shape index (κ2) is 8.17. The van der Waals surface area contributed by atoms with E-state index in [1.165, 1.54) is 12.1 Å². The number of thioether (sulfide) groups is 1. The van der Waals surface area contributed by atoms with Crippen molar-refractivity contribution in [3.63, 3.8) is 0 Å². The molecule has 0 aliphatic heterocycles. The number of carbonyl (C=O) groups excluding carboxylic acids is 1. The van der Waals surface area contributed by atoms with Gasteiger partial charge in [0.2, 0.25) is 0 Å². The first-order chi connectivity index (χ1) is 11.8. The molecule has 0 radical (unpaired) electrons. The van der Waals surface area contributed by atoms with Gasteiger partial charge in [0.25, 0.3) is 15.9 Å². The van der Waals surface area contributed by atoms with Crippen molar-refractivity contribution >= 4 is 32.9 Å². The van der Waals surface area contributed by atoms with Gasteiger partial charge in [-0.05, 0) is 44.4 Å². The lowest BCUT2D eigenvalue weighted by molar-refractivity contribution is 0.0944. The third-order valence-corrected chi connectivity index (χ3v) is 5.30. The van der Waals surface area contributed by atoms with Crippen LogP contribution in [0.2, 0.25) is 0 Å². The molecule has 25 heavy (non-hydrogen) atoms. The monoisotopic (exact) mass is 377 g/mol. The van der Waals surface area contributed by atoms with E-state index in [2.05, 4.69) is 15.2 Å². The predicted octanol–water partition coefficient (Wildman–Crippen LogP) is 2.65. The van der Waals surface area contributed by atoms with E-state index in [1.54, 1.807) is 30.5 Å². The summed E-state index contributed by atoms with van der Waals surface area (Å²) >= 11 is 1.08. The number of sulfonamides is 1. The second-order valence-electron chi connectivity index (χ2n) is 5.33. The molecule has 2 N–H and O–H groups in total. The lowest BCUT2D eigenvalue weighted by Crippen LogP contribution is -2.40. The molecule has 0 unspecified atom stereocenters. The number of amides is 1. The van der Waals surface area contributed by atoms with Gasteiger partial charge >= 0.3 is 0 Å². The Morgan fingerprint density at radius 1 is 0.920 bits per heavy atom. The summed E-state index contributed by atoms with van der Waals surface area (Å²) in [6.45, 7) is 3.80. The number of aryl methyl sites for hydroxylation is 2. The maximum absolute atomic E-state index is 12.3. The maximum atomic E-state index is 12.3.